The van der Waals surface area contributed by atoms with Gasteiger partial charge in [-0.05, 0) is 25.7 Å². The van der Waals surface area contributed by atoms with E-state index in [2.05, 4.69) is 13.5 Å². The smallest absolute Gasteiger partial charge is 0.305 e. The largest absolute Gasteiger partial charge is 0.466 e. The number of hydrogen-bond acceptors (Lipinski definition) is 2. The van der Waals surface area contributed by atoms with Crippen molar-refractivity contribution in [1.29, 1.82) is 0 Å². The van der Waals surface area contributed by atoms with E-state index in [-0.39, 0.29) is 5.97 Å². The Bertz CT molecular complexity index is 211. The first kappa shape index (κ1) is 18.2. The summed E-state index contributed by atoms with van der Waals surface area (Å²) in [6.07, 6.45) is 15.6. The van der Waals surface area contributed by atoms with Gasteiger partial charge in [0, 0.05) is 6.42 Å². The van der Waals surface area contributed by atoms with Crippen molar-refractivity contribution in [1.82, 2.24) is 0 Å². The Labute approximate surface area is 119 Å². The predicted molar refractivity (Wildman–Crippen MR) is 82.2 cm³/mol. The van der Waals surface area contributed by atoms with Gasteiger partial charge in [-0.25, -0.2) is 0 Å². The van der Waals surface area contributed by atoms with Gasteiger partial charge < -0.3 is 4.74 Å². The standard InChI is InChI=1S/C17H32O2/c1-3-5-7-9-10-11-12-14-16-19-17(18)15-13-8-6-4-2/h4H,2-3,5-16H2,1H3. The van der Waals surface area contributed by atoms with Crippen LogP contribution in [-0.2, 0) is 9.53 Å². The van der Waals surface area contributed by atoms with Crippen LogP contribution in [0.3, 0.4) is 0 Å². The Kier molecular flexibility index (Phi) is 14.6. The highest BCUT2D eigenvalue weighted by atomic mass is 16.5. The Hall–Kier alpha value is -0.790. The normalized spacial score (nSPS) is 10.4. The molecule has 0 radical (unpaired) electrons. The molecule has 0 bridgehead atoms. The number of unbranched alkanes of at least 4 members (excludes halogenated alkanes) is 9. The van der Waals surface area contributed by atoms with Crippen LogP contribution in [0.15, 0.2) is 12.7 Å². The summed E-state index contributed by atoms with van der Waals surface area (Å²) >= 11 is 0. The van der Waals surface area contributed by atoms with Gasteiger partial charge in [0.2, 0.25) is 0 Å². The Morgan fingerprint density at radius 1 is 0.947 bits per heavy atom. The van der Waals surface area contributed by atoms with Crippen molar-refractivity contribution >= 4 is 5.97 Å². The van der Waals surface area contributed by atoms with Gasteiger partial charge in [-0.15, -0.1) is 6.58 Å². The molecule has 0 saturated heterocycles. The molecule has 0 unspecified atom stereocenters. The van der Waals surface area contributed by atoms with E-state index >= 15 is 0 Å². The van der Waals surface area contributed by atoms with Gasteiger partial charge in [0.15, 0.2) is 0 Å². The van der Waals surface area contributed by atoms with E-state index in [0.717, 1.165) is 25.7 Å². The van der Waals surface area contributed by atoms with Crippen molar-refractivity contribution in [2.45, 2.75) is 84.0 Å². The van der Waals surface area contributed by atoms with E-state index in [4.69, 9.17) is 4.74 Å². The lowest BCUT2D eigenvalue weighted by Gasteiger charge is -2.04. The van der Waals surface area contributed by atoms with Crippen molar-refractivity contribution in [2.24, 2.45) is 0 Å². The van der Waals surface area contributed by atoms with Crippen LogP contribution in [0.4, 0.5) is 0 Å². The number of rotatable bonds is 14. The third-order valence-electron chi connectivity index (χ3n) is 3.30. The molecule has 2 nitrogen and oxygen atoms in total. The zero-order chi connectivity index (χ0) is 14.2. The molecule has 112 valence electrons. The van der Waals surface area contributed by atoms with E-state index in [1.807, 2.05) is 6.08 Å². The van der Waals surface area contributed by atoms with Gasteiger partial charge >= 0.3 is 5.97 Å². The van der Waals surface area contributed by atoms with Crippen LogP contribution in [0, 0.1) is 0 Å². The summed E-state index contributed by atoms with van der Waals surface area (Å²) in [6.45, 7) is 6.51. The van der Waals surface area contributed by atoms with Crippen molar-refractivity contribution in [3.8, 4) is 0 Å². The van der Waals surface area contributed by atoms with Gasteiger partial charge in [0.25, 0.3) is 0 Å². The molecule has 0 N–H and O–H groups in total. The molecule has 0 aromatic heterocycles. The molecule has 0 aliphatic heterocycles. The topological polar surface area (TPSA) is 26.3 Å². The summed E-state index contributed by atoms with van der Waals surface area (Å²) in [7, 11) is 0. The zero-order valence-electron chi connectivity index (χ0n) is 12.8. The number of carbonyl (C=O) groups excluding carboxylic acids is 1. The van der Waals surface area contributed by atoms with Gasteiger partial charge in [-0.1, -0.05) is 57.9 Å². The van der Waals surface area contributed by atoms with Crippen LogP contribution in [0.25, 0.3) is 0 Å². The van der Waals surface area contributed by atoms with E-state index in [9.17, 15) is 4.79 Å². The number of carbonyl (C=O) groups is 1. The molecule has 0 aromatic carbocycles. The first-order chi connectivity index (χ1) is 9.31. The number of esters is 1. The first-order valence-electron chi connectivity index (χ1n) is 8.07. The fourth-order valence-corrected chi connectivity index (χ4v) is 2.05. The lowest BCUT2D eigenvalue weighted by molar-refractivity contribution is -0.143. The third kappa shape index (κ3) is 15.2. The molecule has 0 amide bonds. The SMILES string of the molecule is C=CCCCCC(=O)OCCCCCCCCCC. The highest BCUT2D eigenvalue weighted by molar-refractivity contribution is 5.69. The minimum Gasteiger partial charge on any atom is -0.466 e. The molecular weight excluding hydrogens is 236 g/mol. The minimum atomic E-state index is -0.0352. The van der Waals surface area contributed by atoms with Crippen LogP contribution in [0.1, 0.15) is 84.0 Å². The van der Waals surface area contributed by atoms with E-state index in [1.165, 1.54) is 44.9 Å². The molecule has 0 heterocycles. The van der Waals surface area contributed by atoms with Crippen LogP contribution in [0.2, 0.25) is 0 Å². The van der Waals surface area contributed by atoms with E-state index < -0.39 is 0 Å². The molecule has 0 fully saturated rings. The van der Waals surface area contributed by atoms with E-state index in [0.29, 0.717) is 13.0 Å². The van der Waals surface area contributed by atoms with Crippen LogP contribution in [-0.4, -0.2) is 12.6 Å². The van der Waals surface area contributed by atoms with Crippen molar-refractivity contribution in [3.05, 3.63) is 12.7 Å². The highest BCUT2D eigenvalue weighted by Crippen LogP contribution is 2.08. The van der Waals surface area contributed by atoms with Gasteiger partial charge in [0.1, 0.15) is 0 Å². The molecule has 19 heavy (non-hydrogen) atoms. The molecule has 0 aliphatic carbocycles. The molecular formula is C17H32O2. The molecule has 2 heteroatoms. The molecule has 0 spiro atoms. The number of ether oxygens (including phenoxy) is 1. The second-order valence-electron chi connectivity index (χ2n) is 5.23. The molecule has 0 rings (SSSR count). The van der Waals surface area contributed by atoms with Gasteiger partial charge in [-0.3, -0.25) is 4.79 Å². The average Bonchev–Trinajstić information content (AvgIpc) is 2.42. The summed E-state index contributed by atoms with van der Waals surface area (Å²) in [4.78, 5) is 11.4. The Morgan fingerprint density at radius 2 is 1.58 bits per heavy atom. The van der Waals surface area contributed by atoms with E-state index in [1.54, 1.807) is 0 Å². The second kappa shape index (κ2) is 15.3. The molecule has 0 aliphatic rings. The minimum absolute atomic E-state index is 0.0352. The molecule has 0 saturated carbocycles. The maximum absolute atomic E-state index is 11.4. The van der Waals surface area contributed by atoms with Crippen molar-refractivity contribution in [2.75, 3.05) is 6.61 Å². The predicted octanol–water partition coefficient (Wildman–Crippen LogP) is 5.42. The lowest BCUT2D eigenvalue weighted by atomic mass is 10.1. The van der Waals surface area contributed by atoms with Gasteiger partial charge in [-0.2, -0.15) is 0 Å². The summed E-state index contributed by atoms with van der Waals surface area (Å²) in [5.74, 6) is -0.0352. The summed E-state index contributed by atoms with van der Waals surface area (Å²) in [6, 6.07) is 0. The Balaban J connectivity index is 3.12. The first-order valence-corrected chi connectivity index (χ1v) is 8.07. The number of allylic oxidation sites excluding steroid dienone is 1. The third-order valence-corrected chi connectivity index (χ3v) is 3.30. The molecule has 0 aromatic rings. The quantitative estimate of drug-likeness (QED) is 0.239. The van der Waals surface area contributed by atoms with Crippen LogP contribution in [0.5, 0.6) is 0 Å². The monoisotopic (exact) mass is 268 g/mol. The van der Waals surface area contributed by atoms with Gasteiger partial charge in [0.05, 0.1) is 6.61 Å². The fourth-order valence-electron chi connectivity index (χ4n) is 2.05. The second-order valence-corrected chi connectivity index (χ2v) is 5.23. The number of hydrogen-bond donors (Lipinski definition) is 0. The average molecular weight is 268 g/mol. The fraction of sp³-hybridized carbons (Fsp3) is 0.824. The summed E-state index contributed by atoms with van der Waals surface area (Å²) < 4.78 is 5.20. The van der Waals surface area contributed by atoms with Crippen LogP contribution < -0.4 is 0 Å². The van der Waals surface area contributed by atoms with Crippen LogP contribution >= 0.6 is 0 Å². The maximum Gasteiger partial charge on any atom is 0.305 e. The summed E-state index contributed by atoms with van der Waals surface area (Å²) in [5, 5.41) is 0. The molecule has 0 atom stereocenters. The lowest BCUT2D eigenvalue weighted by Crippen LogP contribution is -2.05. The van der Waals surface area contributed by atoms with Crippen molar-refractivity contribution < 1.29 is 9.53 Å². The summed E-state index contributed by atoms with van der Waals surface area (Å²) in [5.41, 5.74) is 0. The Morgan fingerprint density at radius 3 is 2.21 bits per heavy atom. The highest BCUT2D eigenvalue weighted by Gasteiger charge is 2.01. The van der Waals surface area contributed by atoms with Crippen molar-refractivity contribution in [3.63, 3.8) is 0 Å². The zero-order valence-corrected chi connectivity index (χ0v) is 12.8. The maximum atomic E-state index is 11.4.